The maximum Gasteiger partial charge on any atom is 0.256 e. The van der Waals surface area contributed by atoms with Crippen LogP contribution in [0, 0.1) is 0 Å². The normalized spacial score (nSPS) is 18.0. The summed E-state index contributed by atoms with van der Waals surface area (Å²) in [6.45, 7) is 6.06. The van der Waals surface area contributed by atoms with Crippen LogP contribution in [-0.2, 0) is 6.42 Å². The van der Waals surface area contributed by atoms with Crippen LogP contribution in [-0.4, -0.2) is 16.5 Å². The summed E-state index contributed by atoms with van der Waals surface area (Å²) in [4.78, 5) is 25.0. The van der Waals surface area contributed by atoms with Crippen molar-refractivity contribution in [2.75, 3.05) is 0 Å². The van der Waals surface area contributed by atoms with Crippen molar-refractivity contribution in [1.82, 2.24) is 9.88 Å². The second kappa shape index (κ2) is 5.02. The van der Waals surface area contributed by atoms with E-state index in [0.717, 1.165) is 18.4 Å². The third-order valence-corrected chi connectivity index (χ3v) is 4.36. The average Bonchev–Trinajstić information content (AvgIpc) is 2.79. The number of hydrogen-bond donors (Lipinski definition) is 1. The number of amides is 1. The van der Waals surface area contributed by atoms with Crippen molar-refractivity contribution in [1.29, 1.82) is 0 Å². The van der Waals surface area contributed by atoms with Gasteiger partial charge in [-0.3, -0.25) is 9.59 Å². The van der Waals surface area contributed by atoms with Gasteiger partial charge in [0, 0.05) is 23.7 Å². The first kappa shape index (κ1) is 13.9. The van der Waals surface area contributed by atoms with Gasteiger partial charge in [-0.2, -0.15) is 0 Å². The highest BCUT2D eigenvalue weighted by Crippen LogP contribution is 2.30. The molecule has 0 spiro atoms. The lowest BCUT2D eigenvalue weighted by molar-refractivity contribution is 0.0937. The highest BCUT2D eigenvalue weighted by molar-refractivity contribution is 5.98. The Bertz CT molecular complexity index is 776. The minimum atomic E-state index is -0.274. The fourth-order valence-corrected chi connectivity index (χ4v) is 2.98. The summed E-state index contributed by atoms with van der Waals surface area (Å²) in [5.74, 6) is -0.274. The molecule has 1 amide bonds. The molecule has 0 unspecified atom stereocenters. The topological polar surface area (TPSA) is 51.1 Å². The van der Waals surface area contributed by atoms with Crippen LogP contribution in [0.15, 0.2) is 29.2 Å². The minimum absolute atomic E-state index is 0.0648. The molecule has 2 heterocycles. The minimum Gasteiger partial charge on any atom is -0.349 e. The SMILES string of the molecule is CC[C@@H](C)NC(=O)c1cn2c3c(cccc3c1=O)C[C@@H]2C. The zero-order valence-corrected chi connectivity index (χ0v) is 12.6. The van der Waals surface area contributed by atoms with E-state index in [1.807, 2.05) is 26.0 Å². The standard InChI is InChI=1S/C17H20N2O2/c1-4-10(2)18-17(21)14-9-19-11(3)8-12-6-5-7-13(15(12)19)16(14)20/h5-7,9-11H,4,8H2,1-3H3,(H,18,21)/t10-,11+/m1/s1. The summed E-state index contributed by atoms with van der Waals surface area (Å²) in [6, 6.07) is 6.12. The zero-order valence-electron chi connectivity index (χ0n) is 12.6. The van der Waals surface area contributed by atoms with Crippen LogP contribution < -0.4 is 10.7 Å². The van der Waals surface area contributed by atoms with Gasteiger partial charge in [-0.25, -0.2) is 0 Å². The molecule has 1 aliphatic rings. The van der Waals surface area contributed by atoms with Gasteiger partial charge in [0.1, 0.15) is 5.56 Å². The van der Waals surface area contributed by atoms with Crippen molar-refractivity contribution in [3.63, 3.8) is 0 Å². The molecule has 1 aliphatic heterocycles. The molecular weight excluding hydrogens is 264 g/mol. The molecule has 1 aromatic heterocycles. The Morgan fingerprint density at radius 3 is 2.95 bits per heavy atom. The summed E-state index contributed by atoms with van der Waals surface area (Å²) in [6.07, 6.45) is 3.48. The Kier molecular flexibility index (Phi) is 3.32. The maximum absolute atomic E-state index is 12.6. The van der Waals surface area contributed by atoms with E-state index in [1.165, 1.54) is 5.56 Å². The predicted octanol–water partition coefficient (Wildman–Crippen LogP) is 2.65. The number of rotatable bonds is 3. The number of nitrogens with one attached hydrogen (secondary N) is 1. The van der Waals surface area contributed by atoms with Crippen LogP contribution in [0.1, 0.15) is 49.2 Å². The first-order valence-electron chi connectivity index (χ1n) is 7.50. The Balaban J connectivity index is 2.17. The van der Waals surface area contributed by atoms with Crippen molar-refractivity contribution in [2.45, 2.75) is 45.7 Å². The fourth-order valence-electron chi connectivity index (χ4n) is 2.98. The molecule has 0 aliphatic carbocycles. The molecule has 0 bridgehead atoms. The smallest absolute Gasteiger partial charge is 0.256 e. The zero-order chi connectivity index (χ0) is 15.1. The molecule has 3 rings (SSSR count). The summed E-state index contributed by atoms with van der Waals surface area (Å²) >= 11 is 0. The second-order valence-electron chi connectivity index (χ2n) is 5.93. The largest absolute Gasteiger partial charge is 0.349 e. The van der Waals surface area contributed by atoms with E-state index < -0.39 is 0 Å². The molecule has 4 nitrogen and oxygen atoms in total. The molecule has 0 fully saturated rings. The van der Waals surface area contributed by atoms with Crippen LogP contribution >= 0.6 is 0 Å². The summed E-state index contributed by atoms with van der Waals surface area (Å²) in [5.41, 5.74) is 2.24. The van der Waals surface area contributed by atoms with Gasteiger partial charge in [-0.15, -0.1) is 0 Å². The Morgan fingerprint density at radius 2 is 2.24 bits per heavy atom. The molecule has 1 aromatic carbocycles. The number of aromatic nitrogens is 1. The lowest BCUT2D eigenvalue weighted by atomic mass is 10.1. The van der Waals surface area contributed by atoms with E-state index in [1.54, 1.807) is 6.20 Å². The monoisotopic (exact) mass is 284 g/mol. The van der Waals surface area contributed by atoms with E-state index in [9.17, 15) is 9.59 Å². The van der Waals surface area contributed by atoms with Crippen LogP contribution in [0.3, 0.4) is 0 Å². The van der Waals surface area contributed by atoms with E-state index in [4.69, 9.17) is 0 Å². The lowest BCUT2D eigenvalue weighted by Crippen LogP contribution is -2.35. The van der Waals surface area contributed by atoms with Crippen LogP contribution in [0.2, 0.25) is 0 Å². The molecule has 0 saturated heterocycles. The van der Waals surface area contributed by atoms with Gasteiger partial charge in [0.05, 0.1) is 5.52 Å². The van der Waals surface area contributed by atoms with Crippen molar-refractivity contribution in [3.05, 3.63) is 45.7 Å². The Labute approximate surface area is 123 Å². The molecule has 4 heteroatoms. The maximum atomic E-state index is 12.6. The van der Waals surface area contributed by atoms with Gasteiger partial charge in [0.15, 0.2) is 0 Å². The molecule has 2 aromatic rings. The highest BCUT2D eigenvalue weighted by Gasteiger charge is 2.24. The summed E-state index contributed by atoms with van der Waals surface area (Å²) < 4.78 is 2.07. The lowest BCUT2D eigenvalue weighted by Gasteiger charge is -2.14. The van der Waals surface area contributed by atoms with Crippen molar-refractivity contribution in [3.8, 4) is 0 Å². The summed E-state index contributed by atoms with van der Waals surface area (Å²) in [7, 11) is 0. The van der Waals surface area contributed by atoms with Crippen LogP contribution in [0.25, 0.3) is 10.9 Å². The highest BCUT2D eigenvalue weighted by atomic mass is 16.2. The molecule has 110 valence electrons. The number of hydrogen-bond acceptors (Lipinski definition) is 2. The van der Waals surface area contributed by atoms with Crippen molar-refractivity contribution < 1.29 is 4.79 Å². The van der Waals surface area contributed by atoms with Gasteiger partial charge in [0.25, 0.3) is 5.91 Å². The van der Waals surface area contributed by atoms with E-state index >= 15 is 0 Å². The number of carbonyl (C=O) groups is 1. The molecule has 21 heavy (non-hydrogen) atoms. The average molecular weight is 284 g/mol. The number of pyridine rings is 1. The number of nitrogens with zero attached hydrogens (tertiary/aromatic N) is 1. The summed E-state index contributed by atoms with van der Waals surface area (Å²) in [5, 5.41) is 3.53. The number of benzene rings is 1. The quantitative estimate of drug-likeness (QED) is 0.942. The van der Waals surface area contributed by atoms with Gasteiger partial charge in [0.2, 0.25) is 5.43 Å². The molecule has 1 N–H and O–H groups in total. The third kappa shape index (κ3) is 2.15. The van der Waals surface area contributed by atoms with Crippen LogP contribution in [0.5, 0.6) is 0 Å². The van der Waals surface area contributed by atoms with Crippen molar-refractivity contribution in [2.24, 2.45) is 0 Å². The predicted molar refractivity (Wildman–Crippen MR) is 83.8 cm³/mol. The van der Waals surface area contributed by atoms with Crippen molar-refractivity contribution >= 4 is 16.8 Å². The fraction of sp³-hybridized carbons (Fsp3) is 0.412. The third-order valence-electron chi connectivity index (χ3n) is 4.36. The first-order chi connectivity index (χ1) is 10.0. The molecule has 2 atom stereocenters. The van der Waals surface area contributed by atoms with Gasteiger partial charge in [-0.1, -0.05) is 19.1 Å². The molecular formula is C17H20N2O2. The number of para-hydroxylation sites is 1. The van der Waals surface area contributed by atoms with E-state index in [2.05, 4.69) is 22.9 Å². The van der Waals surface area contributed by atoms with Gasteiger partial charge in [-0.05, 0) is 38.3 Å². The molecule has 0 radical (unpaired) electrons. The molecule has 0 saturated carbocycles. The van der Waals surface area contributed by atoms with Crippen LogP contribution in [0.4, 0.5) is 0 Å². The Morgan fingerprint density at radius 1 is 1.48 bits per heavy atom. The second-order valence-corrected chi connectivity index (χ2v) is 5.93. The Hall–Kier alpha value is -2.10. The number of carbonyl (C=O) groups excluding carboxylic acids is 1. The first-order valence-corrected chi connectivity index (χ1v) is 7.50. The van der Waals surface area contributed by atoms with Gasteiger partial charge >= 0.3 is 0 Å². The van der Waals surface area contributed by atoms with E-state index in [-0.39, 0.29) is 29.0 Å². The van der Waals surface area contributed by atoms with Gasteiger partial charge < -0.3 is 9.88 Å². The van der Waals surface area contributed by atoms with E-state index in [0.29, 0.717) is 5.39 Å².